The summed E-state index contributed by atoms with van der Waals surface area (Å²) in [5.41, 5.74) is -1.96. The predicted molar refractivity (Wildman–Crippen MR) is 54.1 cm³/mol. The summed E-state index contributed by atoms with van der Waals surface area (Å²) in [5, 5.41) is 8.73. The zero-order valence-corrected chi connectivity index (χ0v) is 9.49. The molecule has 1 aromatic carbocycles. The van der Waals surface area contributed by atoms with Crippen LogP contribution < -0.4 is 4.74 Å². The van der Waals surface area contributed by atoms with Gasteiger partial charge in [-0.05, 0) is 12.1 Å². The van der Waals surface area contributed by atoms with E-state index in [4.69, 9.17) is 5.26 Å². The van der Waals surface area contributed by atoms with Crippen LogP contribution in [-0.4, -0.2) is 19.7 Å². The molecular formula is C11H7F4NO3. The lowest BCUT2D eigenvalue weighted by Crippen LogP contribution is -2.09. The van der Waals surface area contributed by atoms with E-state index in [2.05, 4.69) is 9.47 Å². The third-order valence-corrected chi connectivity index (χ3v) is 2.12. The van der Waals surface area contributed by atoms with Crippen LogP contribution >= 0.6 is 0 Å². The first kappa shape index (κ1) is 14.8. The van der Waals surface area contributed by atoms with E-state index in [0.29, 0.717) is 6.07 Å². The molecule has 1 aromatic rings. The second-order valence-corrected chi connectivity index (χ2v) is 3.22. The van der Waals surface area contributed by atoms with Crippen molar-refractivity contribution in [3.63, 3.8) is 0 Å². The molecule has 0 fully saturated rings. The number of carbonyl (C=O) groups excluding carboxylic acids is 1. The number of ether oxygens (including phenoxy) is 2. The fraction of sp³-hybridized carbons (Fsp3) is 0.273. The average molecular weight is 277 g/mol. The Morgan fingerprint density at radius 1 is 1.32 bits per heavy atom. The highest BCUT2D eigenvalue weighted by atomic mass is 19.3. The Morgan fingerprint density at radius 2 is 1.95 bits per heavy atom. The second-order valence-electron chi connectivity index (χ2n) is 3.22. The van der Waals surface area contributed by atoms with Crippen molar-refractivity contribution >= 4 is 5.97 Å². The number of halogens is 4. The Hall–Kier alpha value is -2.30. The van der Waals surface area contributed by atoms with E-state index in [1.54, 1.807) is 0 Å². The van der Waals surface area contributed by atoms with E-state index in [-0.39, 0.29) is 5.56 Å². The van der Waals surface area contributed by atoms with Crippen LogP contribution in [-0.2, 0) is 4.74 Å². The van der Waals surface area contributed by atoms with Gasteiger partial charge in [-0.3, -0.25) is 0 Å². The largest absolute Gasteiger partial charge is 0.465 e. The Bertz CT molecular complexity index is 525. The summed E-state index contributed by atoms with van der Waals surface area (Å²) in [6, 6.07) is 2.90. The van der Waals surface area contributed by atoms with Crippen LogP contribution in [0.15, 0.2) is 12.1 Å². The monoisotopic (exact) mass is 277 g/mol. The third-order valence-electron chi connectivity index (χ3n) is 2.12. The van der Waals surface area contributed by atoms with E-state index in [1.165, 1.54) is 6.07 Å². The molecule has 0 heterocycles. The minimum absolute atomic E-state index is 0.334. The van der Waals surface area contributed by atoms with Crippen molar-refractivity contribution in [1.29, 1.82) is 5.26 Å². The topological polar surface area (TPSA) is 59.3 Å². The van der Waals surface area contributed by atoms with Gasteiger partial charge in [0.1, 0.15) is 5.75 Å². The molecule has 0 unspecified atom stereocenters. The maximum Gasteiger partial charge on any atom is 0.387 e. The van der Waals surface area contributed by atoms with Crippen LogP contribution in [0.1, 0.15) is 27.9 Å². The van der Waals surface area contributed by atoms with Crippen LogP contribution in [0, 0.1) is 11.3 Å². The first-order valence-corrected chi connectivity index (χ1v) is 4.80. The van der Waals surface area contributed by atoms with E-state index >= 15 is 0 Å². The number of hydrogen-bond donors (Lipinski definition) is 0. The number of carbonyl (C=O) groups is 1. The van der Waals surface area contributed by atoms with Crippen LogP contribution in [0.5, 0.6) is 5.75 Å². The summed E-state index contributed by atoms with van der Waals surface area (Å²) in [5.74, 6) is -1.89. The molecular weight excluding hydrogens is 270 g/mol. The highest BCUT2D eigenvalue weighted by Gasteiger charge is 2.24. The zero-order valence-electron chi connectivity index (χ0n) is 9.49. The number of methoxy groups -OCH3 is 1. The fourth-order valence-electron chi connectivity index (χ4n) is 1.37. The number of nitriles is 1. The quantitative estimate of drug-likeness (QED) is 0.627. The number of rotatable bonds is 4. The Kier molecular flexibility index (Phi) is 4.69. The summed E-state index contributed by atoms with van der Waals surface area (Å²) in [6.07, 6.45) is -3.20. The highest BCUT2D eigenvalue weighted by molar-refractivity contribution is 5.90. The summed E-state index contributed by atoms with van der Waals surface area (Å²) in [4.78, 5) is 11.2. The van der Waals surface area contributed by atoms with E-state index < -0.39 is 35.9 Å². The smallest absolute Gasteiger partial charge is 0.387 e. The average Bonchev–Trinajstić information content (AvgIpc) is 2.35. The van der Waals surface area contributed by atoms with Gasteiger partial charge in [0.05, 0.1) is 29.9 Å². The maximum atomic E-state index is 12.7. The lowest BCUT2D eigenvalue weighted by molar-refractivity contribution is -0.0520. The normalized spacial score (nSPS) is 10.4. The minimum atomic E-state index is -3.36. The van der Waals surface area contributed by atoms with E-state index in [0.717, 1.165) is 13.2 Å². The van der Waals surface area contributed by atoms with Crippen molar-refractivity contribution in [2.75, 3.05) is 7.11 Å². The molecule has 4 nitrogen and oxygen atoms in total. The molecule has 0 saturated heterocycles. The number of nitrogens with zero attached hydrogens (tertiary/aromatic N) is 1. The standard InChI is InChI=1S/C11H7F4NO3/c1-18-10(17)5-2-6(4-16)8(9(12)13)7(3-5)19-11(14)15/h2-3,9,11H,1H3. The molecule has 0 atom stereocenters. The van der Waals surface area contributed by atoms with Gasteiger partial charge in [0, 0.05) is 0 Å². The van der Waals surface area contributed by atoms with Crippen molar-refractivity contribution in [2.45, 2.75) is 13.0 Å². The molecule has 0 saturated carbocycles. The molecule has 8 heteroatoms. The van der Waals surface area contributed by atoms with Gasteiger partial charge in [-0.2, -0.15) is 14.0 Å². The molecule has 102 valence electrons. The van der Waals surface area contributed by atoms with Gasteiger partial charge in [0.2, 0.25) is 0 Å². The fourth-order valence-corrected chi connectivity index (χ4v) is 1.37. The van der Waals surface area contributed by atoms with Crippen LogP contribution in [0.3, 0.4) is 0 Å². The summed E-state index contributed by atoms with van der Waals surface area (Å²) in [6.45, 7) is -3.36. The maximum absolute atomic E-state index is 12.7. The first-order chi connectivity index (χ1) is 8.90. The van der Waals surface area contributed by atoms with Crippen LogP contribution in [0.2, 0.25) is 0 Å². The van der Waals surface area contributed by atoms with E-state index in [9.17, 15) is 22.4 Å². The molecule has 19 heavy (non-hydrogen) atoms. The van der Waals surface area contributed by atoms with Gasteiger partial charge >= 0.3 is 12.6 Å². The molecule has 0 aliphatic carbocycles. The summed E-state index contributed by atoms with van der Waals surface area (Å²) >= 11 is 0. The van der Waals surface area contributed by atoms with Gasteiger partial charge in [-0.15, -0.1) is 0 Å². The molecule has 0 aliphatic rings. The van der Waals surface area contributed by atoms with Crippen molar-refractivity contribution < 1.29 is 31.8 Å². The number of benzene rings is 1. The van der Waals surface area contributed by atoms with Crippen LogP contribution in [0.25, 0.3) is 0 Å². The summed E-state index contributed by atoms with van der Waals surface area (Å²) < 4.78 is 58.0. The zero-order chi connectivity index (χ0) is 14.6. The van der Waals surface area contributed by atoms with Crippen LogP contribution in [0.4, 0.5) is 17.6 Å². The molecule has 0 amide bonds. The molecule has 0 aliphatic heterocycles. The number of esters is 1. The van der Waals surface area contributed by atoms with Gasteiger partial charge in [0.25, 0.3) is 6.43 Å². The third kappa shape index (κ3) is 3.34. The first-order valence-electron chi connectivity index (χ1n) is 4.80. The molecule has 0 spiro atoms. The Balaban J connectivity index is 3.46. The van der Waals surface area contributed by atoms with Crippen molar-refractivity contribution in [2.24, 2.45) is 0 Å². The lowest BCUT2D eigenvalue weighted by Gasteiger charge is -2.13. The molecule has 0 N–H and O–H groups in total. The Labute approximate surface area is 105 Å². The highest BCUT2D eigenvalue weighted by Crippen LogP contribution is 2.34. The minimum Gasteiger partial charge on any atom is -0.465 e. The second kappa shape index (κ2) is 6.04. The molecule has 0 radical (unpaired) electrons. The van der Waals surface area contributed by atoms with Gasteiger partial charge in [-0.25, -0.2) is 13.6 Å². The number of hydrogen-bond acceptors (Lipinski definition) is 4. The molecule has 1 rings (SSSR count). The predicted octanol–water partition coefficient (Wildman–Crippen LogP) is 2.88. The Morgan fingerprint density at radius 3 is 2.37 bits per heavy atom. The number of alkyl halides is 4. The van der Waals surface area contributed by atoms with Crippen molar-refractivity contribution in [3.8, 4) is 11.8 Å². The van der Waals surface area contributed by atoms with Gasteiger partial charge in [0.15, 0.2) is 0 Å². The van der Waals surface area contributed by atoms with E-state index in [1.807, 2.05) is 0 Å². The van der Waals surface area contributed by atoms with Gasteiger partial charge < -0.3 is 9.47 Å². The SMILES string of the molecule is COC(=O)c1cc(C#N)c(C(F)F)c(OC(F)F)c1. The summed E-state index contributed by atoms with van der Waals surface area (Å²) in [7, 11) is 1.02. The van der Waals surface area contributed by atoms with Gasteiger partial charge in [-0.1, -0.05) is 0 Å². The van der Waals surface area contributed by atoms with Crippen molar-refractivity contribution in [1.82, 2.24) is 0 Å². The lowest BCUT2D eigenvalue weighted by atomic mass is 10.0. The molecule has 0 bridgehead atoms. The van der Waals surface area contributed by atoms with Crippen molar-refractivity contribution in [3.05, 3.63) is 28.8 Å². The molecule has 0 aromatic heterocycles.